The Bertz CT molecular complexity index is 339. The number of carbonyl (C=O) groups is 2. The minimum atomic E-state index is -0.689. The fourth-order valence-electron chi connectivity index (χ4n) is 1.68. The molecule has 0 saturated heterocycles. The van der Waals surface area contributed by atoms with Crippen molar-refractivity contribution < 1.29 is 23.8 Å². The van der Waals surface area contributed by atoms with Gasteiger partial charge in [0, 0.05) is 12.6 Å². The standard InChI is InChI=1S/C12H19NO5/c1-4-16-9-7-10(11(14)17-5-2)13(8-9)12(15)18-6-3/h8,10H,4-7H2,1-3H3. The maximum Gasteiger partial charge on any atom is 0.414 e. The van der Waals surface area contributed by atoms with Crippen molar-refractivity contribution in [3.8, 4) is 0 Å². The minimum Gasteiger partial charge on any atom is -0.497 e. The Morgan fingerprint density at radius 2 is 1.89 bits per heavy atom. The fraction of sp³-hybridized carbons (Fsp3) is 0.667. The molecule has 1 amide bonds. The first-order chi connectivity index (χ1) is 8.63. The van der Waals surface area contributed by atoms with Crippen LogP contribution in [0.25, 0.3) is 0 Å². The quantitative estimate of drug-likeness (QED) is 0.701. The zero-order valence-electron chi connectivity index (χ0n) is 11.0. The molecule has 1 rings (SSSR count). The van der Waals surface area contributed by atoms with E-state index in [0.29, 0.717) is 18.8 Å². The summed E-state index contributed by atoms with van der Waals surface area (Å²) in [4.78, 5) is 24.7. The van der Waals surface area contributed by atoms with E-state index in [1.165, 1.54) is 11.1 Å². The molecule has 0 fully saturated rings. The van der Waals surface area contributed by atoms with Crippen molar-refractivity contribution in [2.45, 2.75) is 33.2 Å². The summed E-state index contributed by atoms with van der Waals surface area (Å²) in [5.74, 6) is 0.139. The molecule has 1 aliphatic rings. The summed E-state index contributed by atoms with van der Waals surface area (Å²) in [6, 6.07) is -0.689. The average Bonchev–Trinajstić information content (AvgIpc) is 2.74. The lowest BCUT2D eigenvalue weighted by atomic mass is 10.2. The molecule has 1 aliphatic heterocycles. The van der Waals surface area contributed by atoms with Crippen LogP contribution in [0, 0.1) is 0 Å². The van der Waals surface area contributed by atoms with Gasteiger partial charge in [0.1, 0.15) is 11.8 Å². The lowest BCUT2D eigenvalue weighted by Gasteiger charge is -2.20. The number of carbonyl (C=O) groups excluding carboxylic acids is 2. The highest BCUT2D eigenvalue weighted by atomic mass is 16.6. The molecule has 0 aromatic heterocycles. The normalized spacial score (nSPS) is 18.3. The molecule has 0 aromatic rings. The number of hydrogen-bond acceptors (Lipinski definition) is 5. The van der Waals surface area contributed by atoms with Crippen molar-refractivity contribution in [1.29, 1.82) is 0 Å². The van der Waals surface area contributed by atoms with Gasteiger partial charge in [0.25, 0.3) is 0 Å². The lowest BCUT2D eigenvalue weighted by molar-refractivity contribution is -0.147. The van der Waals surface area contributed by atoms with E-state index in [9.17, 15) is 9.59 Å². The monoisotopic (exact) mass is 257 g/mol. The highest BCUT2D eigenvalue weighted by Gasteiger charge is 2.37. The van der Waals surface area contributed by atoms with Gasteiger partial charge < -0.3 is 14.2 Å². The Kier molecular flexibility index (Phi) is 5.48. The Labute approximate surface area is 106 Å². The predicted molar refractivity (Wildman–Crippen MR) is 63.6 cm³/mol. The van der Waals surface area contributed by atoms with E-state index in [1.54, 1.807) is 13.8 Å². The van der Waals surface area contributed by atoms with Gasteiger partial charge in [0.2, 0.25) is 0 Å². The Morgan fingerprint density at radius 1 is 1.22 bits per heavy atom. The third-order valence-electron chi connectivity index (χ3n) is 2.38. The topological polar surface area (TPSA) is 65.1 Å². The van der Waals surface area contributed by atoms with Crippen LogP contribution < -0.4 is 0 Å². The molecular weight excluding hydrogens is 238 g/mol. The van der Waals surface area contributed by atoms with Gasteiger partial charge in [-0.1, -0.05) is 0 Å². The van der Waals surface area contributed by atoms with Crippen molar-refractivity contribution in [3.05, 3.63) is 12.0 Å². The summed E-state index contributed by atoms with van der Waals surface area (Å²) < 4.78 is 15.1. The van der Waals surface area contributed by atoms with Crippen molar-refractivity contribution >= 4 is 12.1 Å². The van der Waals surface area contributed by atoms with E-state index in [0.717, 1.165) is 0 Å². The maximum absolute atomic E-state index is 11.8. The van der Waals surface area contributed by atoms with Gasteiger partial charge in [-0.2, -0.15) is 0 Å². The number of amides is 1. The van der Waals surface area contributed by atoms with Gasteiger partial charge in [-0.3, -0.25) is 4.90 Å². The molecule has 18 heavy (non-hydrogen) atoms. The minimum absolute atomic E-state index is 0.253. The number of nitrogens with zero attached hydrogens (tertiary/aromatic N) is 1. The van der Waals surface area contributed by atoms with Gasteiger partial charge >= 0.3 is 12.1 Å². The number of ether oxygens (including phenoxy) is 3. The van der Waals surface area contributed by atoms with Crippen LogP contribution >= 0.6 is 0 Å². The molecule has 0 N–H and O–H groups in total. The third kappa shape index (κ3) is 3.38. The smallest absolute Gasteiger partial charge is 0.414 e. The Hall–Kier alpha value is -1.72. The van der Waals surface area contributed by atoms with E-state index in [1.807, 2.05) is 6.92 Å². The van der Waals surface area contributed by atoms with Crippen LogP contribution in [-0.4, -0.2) is 42.8 Å². The molecule has 1 heterocycles. The van der Waals surface area contributed by atoms with E-state index in [2.05, 4.69) is 0 Å². The van der Waals surface area contributed by atoms with Crippen LogP contribution in [0.3, 0.4) is 0 Å². The van der Waals surface area contributed by atoms with Crippen molar-refractivity contribution in [2.24, 2.45) is 0 Å². The summed E-state index contributed by atoms with van der Waals surface area (Å²) in [7, 11) is 0. The van der Waals surface area contributed by atoms with Gasteiger partial charge in [-0.15, -0.1) is 0 Å². The Balaban J connectivity index is 2.77. The van der Waals surface area contributed by atoms with E-state index < -0.39 is 18.1 Å². The summed E-state index contributed by atoms with van der Waals surface area (Å²) >= 11 is 0. The molecule has 1 unspecified atom stereocenters. The molecule has 0 bridgehead atoms. The van der Waals surface area contributed by atoms with Crippen LogP contribution in [0.2, 0.25) is 0 Å². The van der Waals surface area contributed by atoms with E-state index in [-0.39, 0.29) is 13.2 Å². The summed E-state index contributed by atoms with van der Waals surface area (Å²) in [6.45, 7) is 6.28. The second kappa shape index (κ2) is 6.88. The van der Waals surface area contributed by atoms with Crippen molar-refractivity contribution in [1.82, 2.24) is 4.90 Å². The van der Waals surface area contributed by atoms with Crippen molar-refractivity contribution in [3.63, 3.8) is 0 Å². The first-order valence-electron chi connectivity index (χ1n) is 6.09. The van der Waals surface area contributed by atoms with Crippen LogP contribution in [0.1, 0.15) is 27.2 Å². The second-order valence-electron chi connectivity index (χ2n) is 3.61. The summed E-state index contributed by atoms with van der Waals surface area (Å²) in [5, 5.41) is 0. The van der Waals surface area contributed by atoms with Crippen molar-refractivity contribution in [2.75, 3.05) is 19.8 Å². The summed E-state index contributed by atoms with van der Waals surface area (Å²) in [5.41, 5.74) is 0. The van der Waals surface area contributed by atoms with Gasteiger partial charge in [0.15, 0.2) is 0 Å². The summed E-state index contributed by atoms with van der Waals surface area (Å²) in [6.07, 6.45) is 1.26. The first-order valence-corrected chi connectivity index (χ1v) is 6.09. The van der Waals surface area contributed by atoms with Gasteiger partial charge in [0.05, 0.1) is 19.8 Å². The molecule has 0 spiro atoms. The number of hydrogen-bond donors (Lipinski definition) is 0. The third-order valence-corrected chi connectivity index (χ3v) is 2.38. The molecule has 0 aromatic carbocycles. The van der Waals surface area contributed by atoms with Crippen LogP contribution in [0.5, 0.6) is 0 Å². The average molecular weight is 257 g/mol. The second-order valence-corrected chi connectivity index (χ2v) is 3.61. The van der Waals surface area contributed by atoms with E-state index in [4.69, 9.17) is 14.2 Å². The molecular formula is C12H19NO5. The molecule has 6 heteroatoms. The van der Waals surface area contributed by atoms with Gasteiger partial charge in [-0.25, -0.2) is 9.59 Å². The number of rotatable bonds is 5. The Morgan fingerprint density at radius 3 is 2.44 bits per heavy atom. The SMILES string of the molecule is CCOC(=O)C1CC(OCC)=CN1C(=O)OCC. The molecule has 0 aliphatic carbocycles. The van der Waals surface area contributed by atoms with Crippen LogP contribution in [0.4, 0.5) is 4.79 Å². The molecule has 6 nitrogen and oxygen atoms in total. The molecule has 1 atom stereocenters. The largest absolute Gasteiger partial charge is 0.497 e. The fourth-order valence-corrected chi connectivity index (χ4v) is 1.68. The number of esters is 1. The maximum atomic E-state index is 11.8. The van der Waals surface area contributed by atoms with Crippen LogP contribution in [-0.2, 0) is 19.0 Å². The molecule has 102 valence electrons. The predicted octanol–water partition coefficient (Wildman–Crippen LogP) is 1.66. The zero-order chi connectivity index (χ0) is 13.5. The zero-order valence-corrected chi connectivity index (χ0v) is 11.0. The molecule has 0 saturated carbocycles. The van der Waals surface area contributed by atoms with E-state index >= 15 is 0 Å². The van der Waals surface area contributed by atoms with Gasteiger partial charge in [-0.05, 0) is 20.8 Å². The first kappa shape index (κ1) is 14.3. The highest BCUT2D eigenvalue weighted by Crippen LogP contribution is 2.24. The highest BCUT2D eigenvalue weighted by molar-refractivity contribution is 5.83. The lowest BCUT2D eigenvalue weighted by Crippen LogP contribution is -2.40. The van der Waals surface area contributed by atoms with Crippen LogP contribution in [0.15, 0.2) is 12.0 Å². The molecule has 0 radical (unpaired) electrons.